The second kappa shape index (κ2) is 10.6. The number of hydrogen-bond acceptors (Lipinski definition) is 4. The van der Waals surface area contributed by atoms with Gasteiger partial charge in [-0.2, -0.15) is 0 Å². The van der Waals surface area contributed by atoms with E-state index in [2.05, 4.69) is 12.2 Å². The standard InChI is InChI=1S/C20H32N2O3.ClH/c1-4-5-13-25-17-10-9-16(14-18(17)24-3)15(2)22-19(23)20(21)11-7-6-8-12-20;/h9-10,14-15H,4-8,11-13,21H2,1-3H3,(H,22,23);1H. The van der Waals surface area contributed by atoms with Crippen LogP contribution in [0.2, 0.25) is 0 Å². The molecule has 1 unspecified atom stereocenters. The van der Waals surface area contributed by atoms with Crippen LogP contribution >= 0.6 is 12.4 Å². The van der Waals surface area contributed by atoms with E-state index in [-0.39, 0.29) is 24.4 Å². The Bertz CT molecular complexity index is 574. The molecule has 1 aliphatic carbocycles. The van der Waals surface area contributed by atoms with Crippen molar-refractivity contribution in [3.05, 3.63) is 23.8 Å². The summed E-state index contributed by atoms with van der Waals surface area (Å²) in [6, 6.07) is 5.67. The number of rotatable bonds is 8. The first kappa shape index (κ1) is 22.6. The Labute approximate surface area is 163 Å². The van der Waals surface area contributed by atoms with Gasteiger partial charge < -0.3 is 20.5 Å². The van der Waals surface area contributed by atoms with Crippen molar-refractivity contribution in [1.29, 1.82) is 0 Å². The van der Waals surface area contributed by atoms with Crippen molar-refractivity contribution in [3.8, 4) is 11.5 Å². The van der Waals surface area contributed by atoms with Gasteiger partial charge in [-0.15, -0.1) is 12.4 Å². The van der Waals surface area contributed by atoms with E-state index in [0.29, 0.717) is 12.4 Å². The highest BCUT2D eigenvalue weighted by Crippen LogP contribution is 2.31. The van der Waals surface area contributed by atoms with E-state index >= 15 is 0 Å². The number of ether oxygens (including phenoxy) is 2. The average molecular weight is 385 g/mol. The Morgan fingerprint density at radius 3 is 2.58 bits per heavy atom. The van der Waals surface area contributed by atoms with Crippen molar-refractivity contribution < 1.29 is 14.3 Å². The predicted octanol–water partition coefficient (Wildman–Crippen LogP) is 4.13. The molecule has 0 saturated heterocycles. The number of nitrogens with two attached hydrogens (primary N) is 1. The number of hydrogen-bond donors (Lipinski definition) is 2. The molecular formula is C20H33ClN2O3. The van der Waals surface area contributed by atoms with E-state index in [4.69, 9.17) is 15.2 Å². The fraction of sp³-hybridized carbons (Fsp3) is 0.650. The molecule has 0 bridgehead atoms. The van der Waals surface area contributed by atoms with Crippen LogP contribution in [0, 0.1) is 0 Å². The van der Waals surface area contributed by atoms with E-state index in [1.807, 2.05) is 25.1 Å². The highest BCUT2D eigenvalue weighted by Gasteiger charge is 2.35. The number of carbonyl (C=O) groups excluding carboxylic acids is 1. The first-order valence-electron chi connectivity index (χ1n) is 9.40. The maximum Gasteiger partial charge on any atom is 0.240 e. The highest BCUT2D eigenvalue weighted by atomic mass is 35.5. The van der Waals surface area contributed by atoms with Crippen LogP contribution < -0.4 is 20.5 Å². The van der Waals surface area contributed by atoms with Crippen LogP contribution in [0.15, 0.2) is 18.2 Å². The molecule has 0 aliphatic heterocycles. The highest BCUT2D eigenvalue weighted by molar-refractivity contribution is 5.86. The van der Waals surface area contributed by atoms with E-state index in [0.717, 1.165) is 49.8 Å². The summed E-state index contributed by atoms with van der Waals surface area (Å²) in [5, 5.41) is 3.07. The molecule has 2 rings (SSSR count). The number of unbranched alkanes of at least 4 members (excludes halogenated alkanes) is 1. The Kier molecular flexibility index (Phi) is 9.23. The Hall–Kier alpha value is -1.46. The summed E-state index contributed by atoms with van der Waals surface area (Å²) in [4.78, 5) is 12.6. The molecule has 0 heterocycles. The Morgan fingerprint density at radius 1 is 1.27 bits per heavy atom. The molecule has 5 nitrogen and oxygen atoms in total. The fourth-order valence-electron chi connectivity index (χ4n) is 3.23. The molecule has 0 aromatic heterocycles. The third kappa shape index (κ3) is 5.78. The van der Waals surface area contributed by atoms with Gasteiger partial charge in [-0.1, -0.05) is 38.7 Å². The van der Waals surface area contributed by atoms with Crippen LogP contribution in [0.25, 0.3) is 0 Å². The topological polar surface area (TPSA) is 73.6 Å². The van der Waals surface area contributed by atoms with Crippen molar-refractivity contribution in [2.75, 3.05) is 13.7 Å². The molecule has 1 amide bonds. The number of amides is 1. The van der Waals surface area contributed by atoms with Gasteiger partial charge in [0.05, 0.1) is 25.3 Å². The van der Waals surface area contributed by atoms with Crippen molar-refractivity contribution in [2.45, 2.75) is 70.4 Å². The Morgan fingerprint density at radius 2 is 1.96 bits per heavy atom. The predicted molar refractivity (Wildman–Crippen MR) is 107 cm³/mol. The molecule has 1 atom stereocenters. The monoisotopic (exact) mass is 384 g/mol. The molecule has 0 spiro atoms. The van der Waals surface area contributed by atoms with Crippen LogP contribution in [0.5, 0.6) is 11.5 Å². The van der Waals surface area contributed by atoms with E-state index in [9.17, 15) is 4.79 Å². The lowest BCUT2D eigenvalue weighted by molar-refractivity contribution is -0.128. The number of halogens is 1. The lowest BCUT2D eigenvalue weighted by atomic mass is 9.81. The fourth-order valence-corrected chi connectivity index (χ4v) is 3.23. The quantitative estimate of drug-likeness (QED) is 0.661. The van der Waals surface area contributed by atoms with Gasteiger partial charge in [0.1, 0.15) is 0 Å². The van der Waals surface area contributed by atoms with Gasteiger partial charge in [0.25, 0.3) is 0 Å². The number of nitrogens with one attached hydrogen (secondary N) is 1. The zero-order valence-electron chi connectivity index (χ0n) is 16.2. The van der Waals surface area contributed by atoms with Crippen LogP contribution in [0.1, 0.15) is 70.4 Å². The molecule has 3 N–H and O–H groups in total. The van der Waals surface area contributed by atoms with Crippen molar-refractivity contribution in [3.63, 3.8) is 0 Å². The summed E-state index contributed by atoms with van der Waals surface area (Å²) < 4.78 is 11.2. The van der Waals surface area contributed by atoms with Crippen LogP contribution in [0.3, 0.4) is 0 Å². The average Bonchev–Trinajstić information content (AvgIpc) is 2.62. The largest absolute Gasteiger partial charge is 0.493 e. The second-order valence-electron chi connectivity index (χ2n) is 7.02. The van der Waals surface area contributed by atoms with Gasteiger partial charge in [0.2, 0.25) is 5.91 Å². The van der Waals surface area contributed by atoms with E-state index in [1.54, 1.807) is 7.11 Å². The van der Waals surface area contributed by atoms with E-state index < -0.39 is 5.54 Å². The van der Waals surface area contributed by atoms with Crippen molar-refractivity contribution in [2.24, 2.45) is 5.73 Å². The minimum atomic E-state index is -0.722. The molecule has 148 valence electrons. The third-order valence-corrected chi connectivity index (χ3v) is 4.99. The molecule has 1 saturated carbocycles. The second-order valence-corrected chi connectivity index (χ2v) is 7.02. The summed E-state index contributed by atoms with van der Waals surface area (Å²) in [5.74, 6) is 1.37. The van der Waals surface area contributed by atoms with Crippen LogP contribution in [0.4, 0.5) is 0 Å². The number of carbonyl (C=O) groups is 1. The normalized spacial score (nSPS) is 16.9. The maximum absolute atomic E-state index is 12.6. The van der Waals surface area contributed by atoms with Crippen molar-refractivity contribution in [1.82, 2.24) is 5.32 Å². The Balaban J connectivity index is 0.00000338. The molecular weight excluding hydrogens is 352 g/mol. The molecule has 1 aromatic carbocycles. The summed E-state index contributed by atoms with van der Waals surface area (Å²) in [6.45, 7) is 4.77. The summed E-state index contributed by atoms with van der Waals surface area (Å²) in [7, 11) is 1.63. The maximum atomic E-state index is 12.6. The van der Waals surface area contributed by atoms with Crippen LogP contribution in [-0.4, -0.2) is 25.2 Å². The third-order valence-electron chi connectivity index (χ3n) is 4.99. The lowest BCUT2D eigenvalue weighted by Crippen LogP contribution is -2.55. The SMILES string of the molecule is CCCCOc1ccc(C(C)NC(=O)C2(N)CCCCC2)cc1OC.Cl. The number of methoxy groups -OCH3 is 1. The van der Waals surface area contributed by atoms with Crippen molar-refractivity contribution >= 4 is 18.3 Å². The van der Waals surface area contributed by atoms with Gasteiger partial charge >= 0.3 is 0 Å². The van der Waals surface area contributed by atoms with Gasteiger partial charge in [0, 0.05) is 0 Å². The van der Waals surface area contributed by atoms with Gasteiger partial charge in [-0.25, -0.2) is 0 Å². The lowest BCUT2D eigenvalue weighted by Gasteiger charge is -2.33. The minimum absolute atomic E-state index is 0. The zero-order chi connectivity index (χ0) is 18.3. The number of benzene rings is 1. The van der Waals surface area contributed by atoms with Gasteiger partial charge in [0.15, 0.2) is 11.5 Å². The molecule has 1 fully saturated rings. The first-order chi connectivity index (χ1) is 12.0. The molecule has 0 radical (unpaired) electrons. The van der Waals surface area contributed by atoms with E-state index in [1.165, 1.54) is 6.42 Å². The summed E-state index contributed by atoms with van der Waals surface area (Å²) >= 11 is 0. The molecule has 1 aliphatic rings. The summed E-state index contributed by atoms with van der Waals surface area (Å²) in [6.07, 6.45) is 6.84. The molecule has 1 aromatic rings. The van der Waals surface area contributed by atoms with Gasteiger partial charge in [-0.05, 0) is 43.9 Å². The minimum Gasteiger partial charge on any atom is -0.493 e. The van der Waals surface area contributed by atoms with Crippen LogP contribution in [-0.2, 0) is 4.79 Å². The molecule has 6 heteroatoms. The smallest absolute Gasteiger partial charge is 0.240 e. The summed E-state index contributed by atoms with van der Waals surface area (Å²) in [5.41, 5.74) is 6.58. The molecule has 26 heavy (non-hydrogen) atoms. The first-order valence-corrected chi connectivity index (χ1v) is 9.40. The zero-order valence-corrected chi connectivity index (χ0v) is 17.0. The van der Waals surface area contributed by atoms with Gasteiger partial charge in [-0.3, -0.25) is 4.79 Å².